The Hall–Kier alpha value is -0.890. The molecule has 18 heavy (non-hydrogen) atoms. The number of thiol groups is 1. The highest BCUT2D eigenvalue weighted by molar-refractivity contribution is 8.01. The fourth-order valence-electron chi connectivity index (χ4n) is 1.32. The van der Waals surface area contributed by atoms with Gasteiger partial charge in [0.25, 0.3) is 0 Å². The molecule has 0 aromatic carbocycles. The summed E-state index contributed by atoms with van der Waals surface area (Å²) in [6.45, 7) is 3.59. The Morgan fingerprint density at radius 2 is 2.00 bits per heavy atom. The van der Waals surface area contributed by atoms with E-state index >= 15 is 0 Å². The topological polar surface area (TPSA) is 98.5 Å². The smallest absolute Gasteiger partial charge is 0.343 e. The van der Waals surface area contributed by atoms with E-state index in [1.165, 1.54) is 0 Å². The van der Waals surface area contributed by atoms with Gasteiger partial charge in [-0.15, -0.1) is 11.8 Å². The van der Waals surface area contributed by atoms with Crippen LogP contribution in [0, 0.1) is 0 Å². The van der Waals surface area contributed by atoms with Crippen molar-refractivity contribution in [1.82, 2.24) is 5.32 Å². The van der Waals surface area contributed by atoms with Crippen LogP contribution in [0.2, 0.25) is 0 Å². The first-order valence-electron chi connectivity index (χ1n) is 5.43. The molecule has 3 N–H and O–H groups in total. The maximum absolute atomic E-state index is 12.0. The summed E-state index contributed by atoms with van der Waals surface area (Å²) in [7, 11) is 0. The molecule has 6 nitrogen and oxygen atoms in total. The van der Waals surface area contributed by atoms with Crippen molar-refractivity contribution in [2.45, 2.75) is 25.1 Å². The summed E-state index contributed by atoms with van der Waals surface area (Å²) < 4.78 is 4.90. The summed E-state index contributed by atoms with van der Waals surface area (Å²) in [6.07, 6.45) is -0.316. The minimum Gasteiger partial charge on any atom is -0.464 e. The molecule has 1 atom stereocenters. The number of nitrogens with one attached hydrogen (secondary N) is 1. The van der Waals surface area contributed by atoms with Crippen LogP contribution >= 0.6 is 24.4 Å². The van der Waals surface area contributed by atoms with Crippen LogP contribution in [0.5, 0.6) is 0 Å². The zero-order chi connectivity index (χ0) is 14.2. The van der Waals surface area contributed by atoms with Crippen LogP contribution in [0.3, 0.4) is 0 Å². The number of amides is 2. The van der Waals surface area contributed by atoms with Crippen LogP contribution in [-0.2, 0) is 19.1 Å². The molecular weight excluding hydrogens is 276 g/mol. The van der Waals surface area contributed by atoms with Gasteiger partial charge in [0.15, 0.2) is 4.87 Å². The number of hydrogen-bond donors (Lipinski definition) is 3. The third-order valence-corrected chi connectivity index (χ3v) is 3.39. The van der Waals surface area contributed by atoms with E-state index in [0.29, 0.717) is 5.75 Å². The second-order valence-corrected chi connectivity index (χ2v) is 5.21. The summed E-state index contributed by atoms with van der Waals surface area (Å²) in [4.78, 5) is 33.0. The maximum atomic E-state index is 12.0. The summed E-state index contributed by atoms with van der Waals surface area (Å²) in [6, 6.07) is 0. The van der Waals surface area contributed by atoms with E-state index in [4.69, 9.17) is 10.5 Å². The van der Waals surface area contributed by atoms with Gasteiger partial charge in [0, 0.05) is 0 Å². The number of ether oxygens (including phenoxy) is 1. The molecule has 0 heterocycles. The number of carbonyl (C=O) groups is 3. The zero-order valence-electron chi connectivity index (χ0n) is 10.4. The molecule has 0 aromatic rings. The number of nitrogens with two attached hydrogens (primary N) is 1. The van der Waals surface area contributed by atoms with Gasteiger partial charge < -0.3 is 15.8 Å². The minimum absolute atomic E-state index is 0.0931. The zero-order valence-corrected chi connectivity index (χ0v) is 12.1. The third kappa shape index (κ3) is 5.18. The Morgan fingerprint density at radius 1 is 1.39 bits per heavy atom. The van der Waals surface area contributed by atoms with E-state index in [0.717, 1.165) is 11.8 Å². The molecule has 8 heteroatoms. The molecular formula is C10H18N2O4S2. The molecule has 0 bridgehead atoms. The van der Waals surface area contributed by atoms with Gasteiger partial charge in [-0.1, -0.05) is 6.92 Å². The van der Waals surface area contributed by atoms with Crippen molar-refractivity contribution in [3.05, 3.63) is 0 Å². The molecule has 0 saturated carbocycles. The SMILES string of the molecule is CCOC(=O)C(CC(N)=O)(NC(=O)CS)SCC. The van der Waals surface area contributed by atoms with Gasteiger partial charge in [0.2, 0.25) is 11.8 Å². The largest absolute Gasteiger partial charge is 0.464 e. The predicted octanol–water partition coefficient (Wildman–Crippen LogP) is -0.0797. The number of esters is 1. The van der Waals surface area contributed by atoms with Crippen molar-refractivity contribution >= 4 is 42.2 Å². The summed E-state index contributed by atoms with van der Waals surface area (Å²) >= 11 is 4.92. The van der Waals surface area contributed by atoms with Crippen molar-refractivity contribution in [3.8, 4) is 0 Å². The highest BCUT2D eigenvalue weighted by atomic mass is 32.2. The molecule has 1 unspecified atom stereocenters. The summed E-state index contributed by atoms with van der Waals surface area (Å²) in [5.41, 5.74) is 5.13. The van der Waals surface area contributed by atoms with E-state index < -0.39 is 22.7 Å². The van der Waals surface area contributed by atoms with Gasteiger partial charge in [-0.25, -0.2) is 4.79 Å². The summed E-state index contributed by atoms with van der Waals surface area (Å²) in [5, 5.41) is 2.47. The standard InChI is InChI=1S/C10H18N2O4S2/c1-3-16-9(15)10(18-4-2,5-7(11)13)12-8(14)6-17/h17H,3-6H2,1-2H3,(H2,11,13)(H,12,14). The van der Waals surface area contributed by atoms with Gasteiger partial charge in [0.05, 0.1) is 18.8 Å². The van der Waals surface area contributed by atoms with Crippen LogP contribution in [-0.4, -0.2) is 40.8 Å². The number of carbonyl (C=O) groups excluding carboxylic acids is 3. The third-order valence-electron chi connectivity index (χ3n) is 1.90. The van der Waals surface area contributed by atoms with E-state index in [2.05, 4.69) is 17.9 Å². The molecule has 0 radical (unpaired) electrons. The van der Waals surface area contributed by atoms with Crippen molar-refractivity contribution in [3.63, 3.8) is 0 Å². The van der Waals surface area contributed by atoms with Crippen molar-refractivity contribution in [2.24, 2.45) is 5.73 Å². The highest BCUT2D eigenvalue weighted by Gasteiger charge is 2.43. The monoisotopic (exact) mass is 294 g/mol. The number of hydrogen-bond acceptors (Lipinski definition) is 6. The van der Waals surface area contributed by atoms with Crippen molar-refractivity contribution in [2.75, 3.05) is 18.1 Å². The normalized spacial score (nSPS) is 13.5. The molecule has 0 saturated heterocycles. The summed E-state index contributed by atoms with van der Waals surface area (Å²) in [5.74, 6) is -1.41. The average molecular weight is 294 g/mol. The fourth-order valence-corrected chi connectivity index (χ4v) is 2.50. The minimum atomic E-state index is -1.46. The molecule has 0 rings (SSSR count). The van der Waals surface area contributed by atoms with E-state index in [1.807, 2.05) is 0 Å². The number of rotatable bonds is 8. The quantitative estimate of drug-likeness (QED) is 0.330. The molecule has 0 spiro atoms. The first-order chi connectivity index (χ1) is 8.41. The molecule has 0 aliphatic rings. The van der Waals surface area contributed by atoms with E-state index in [9.17, 15) is 14.4 Å². The second kappa shape index (κ2) is 8.25. The number of primary amides is 1. The Balaban J connectivity index is 5.18. The average Bonchev–Trinajstić information content (AvgIpc) is 2.28. The van der Waals surface area contributed by atoms with Gasteiger partial charge >= 0.3 is 5.97 Å². The Kier molecular flexibility index (Phi) is 7.85. The number of thioether (sulfide) groups is 1. The molecule has 0 aromatic heterocycles. The van der Waals surface area contributed by atoms with Gasteiger partial charge in [0.1, 0.15) is 0 Å². The van der Waals surface area contributed by atoms with Gasteiger partial charge in [-0.3, -0.25) is 9.59 Å². The van der Waals surface area contributed by atoms with Crippen LogP contribution in [0.25, 0.3) is 0 Å². The molecule has 2 amide bonds. The Labute approximate surface area is 116 Å². The molecule has 0 aliphatic heterocycles. The predicted molar refractivity (Wildman–Crippen MR) is 73.3 cm³/mol. The van der Waals surface area contributed by atoms with Gasteiger partial charge in [-0.2, -0.15) is 12.6 Å². The molecule has 0 fully saturated rings. The first-order valence-corrected chi connectivity index (χ1v) is 7.05. The van der Waals surface area contributed by atoms with Crippen LogP contribution < -0.4 is 11.1 Å². The lowest BCUT2D eigenvalue weighted by molar-refractivity contribution is -0.150. The van der Waals surface area contributed by atoms with Crippen molar-refractivity contribution < 1.29 is 19.1 Å². The first kappa shape index (κ1) is 17.1. The molecule has 104 valence electrons. The lowest BCUT2D eigenvalue weighted by atomic mass is 10.2. The Bertz CT molecular complexity index is 325. The van der Waals surface area contributed by atoms with Crippen molar-refractivity contribution in [1.29, 1.82) is 0 Å². The second-order valence-electron chi connectivity index (χ2n) is 3.33. The lowest BCUT2D eigenvalue weighted by Gasteiger charge is -2.30. The van der Waals surface area contributed by atoms with Crippen LogP contribution in [0.4, 0.5) is 0 Å². The van der Waals surface area contributed by atoms with E-state index in [1.54, 1.807) is 13.8 Å². The highest BCUT2D eigenvalue weighted by Crippen LogP contribution is 2.28. The fraction of sp³-hybridized carbons (Fsp3) is 0.700. The molecule has 0 aliphatic carbocycles. The van der Waals surface area contributed by atoms with Crippen LogP contribution in [0.1, 0.15) is 20.3 Å². The lowest BCUT2D eigenvalue weighted by Crippen LogP contribution is -2.55. The maximum Gasteiger partial charge on any atom is 0.343 e. The Morgan fingerprint density at radius 3 is 2.39 bits per heavy atom. The van der Waals surface area contributed by atoms with Gasteiger partial charge in [-0.05, 0) is 12.7 Å². The van der Waals surface area contributed by atoms with E-state index in [-0.39, 0.29) is 18.8 Å². The van der Waals surface area contributed by atoms with Crippen LogP contribution in [0.15, 0.2) is 0 Å².